The third-order valence-electron chi connectivity index (χ3n) is 3.18. The predicted molar refractivity (Wildman–Crippen MR) is 98.7 cm³/mol. The minimum Gasteiger partial charge on any atom is -0.258 e. The summed E-state index contributed by atoms with van der Waals surface area (Å²) in [4.78, 5) is 10.8. The molecule has 3 nitrogen and oxygen atoms in total. The number of hydrogen-bond acceptors (Lipinski definition) is 2. The molecule has 0 unspecified atom stereocenters. The molecule has 0 aliphatic carbocycles. The molecule has 0 aliphatic rings. The summed E-state index contributed by atoms with van der Waals surface area (Å²) in [6.45, 7) is 8.00. The van der Waals surface area contributed by atoms with E-state index in [4.69, 9.17) is 0 Å². The maximum absolute atomic E-state index is 11.1. The van der Waals surface area contributed by atoms with Crippen molar-refractivity contribution in [2.45, 2.75) is 27.7 Å². The second-order valence-corrected chi connectivity index (χ2v) is 4.30. The number of fused-ring (bicyclic) bond motifs is 1. The summed E-state index contributed by atoms with van der Waals surface area (Å²) in [7, 11) is 0. The van der Waals surface area contributed by atoms with Gasteiger partial charge in [-0.2, -0.15) is 0 Å². The van der Waals surface area contributed by atoms with Gasteiger partial charge < -0.3 is 0 Å². The quantitative estimate of drug-likeness (QED) is 0.402. The first-order valence-electron chi connectivity index (χ1n) is 7.99. The van der Waals surface area contributed by atoms with Gasteiger partial charge in [-0.25, -0.2) is 0 Å². The zero-order valence-corrected chi connectivity index (χ0v) is 14.1. The highest BCUT2D eigenvalue weighted by Crippen LogP contribution is 2.34. The topological polar surface area (TPSA) is 43.1 Å². The van der Waals surface area contributed by atoms with Crippen LogP contribution in [-0.2, 0) is 0 Å². The Hall–Kier alpha value is -2.68. The monoisotopic (exact) mass is 309 g/mol. The zero-order valence-electron chi connectivity index (χ0n) is 14.1. The highest BCUT2D eigenvalue weighted by Gasteiger charge is 2.15. The van der Waals surface area contributed by atoms with E-state index in [1.807, 2.05) is 76.2 Å². The van der Waals surface area contributed by atoms with Gasteiger partial charge in [0.25, 0.3) is 5.69 Å². The molecule has 0 bridgehead atoms. The molecule has 0 heterocycles. The fourth-order valence-electron chi connectivity index (χ4n) is 2.32. The second-order valence-electron chi connectivity index (χ2n) is 4.30. The fourth-order valence-corrected chi connectivity index (χ4v) is 2.32. The summed E-state index contributed by atoms with van der Waals surface area (Å²) < 4.78 is 0. The van der Waals surface area contributed by atoms with Crippen molar-refractivity contribution < 1.29 is 4.92 Å². The van der Waals surface area contributed by atoms with E-state index in [2.05, 4.69) is 0 Å². The molecule has 0 aromatic heterocycles. The van der Waals surface area contributed by atoms with Crippen molar-refractivity contribution in [3.8, 4) is 11.1 Å². The van der Waals surface area contributed by atoms with Gasteiger partial charge in [0.2, 0.25) is 0 Å². The Bertz CT molecular complexity index is 761. The highest BCUT2D eigenvalue weighted by atomic mass is 16.6. The number of hydrogen-bond donors (Lipinski definition) is 0. The summed E-state index contributed by atoms with van der Waals surface area (Å²) in [5.74, 6) is 0. The molecule has 3 aromatic rings. The van der Waals surface area contributed by atoms with E-state index >= 15 is 0 Å². The molecular formula is C20H23NO2. The molecular weight excluding hydrogens is 286 g/mol. The lowest BCUT2D eigenvalue weighted by Crippen LogP contribution is -1.92. The average Bonchev–Trinajstić information content (AvgIpc) is 2.64. The van der Waals surface area contributed by atoms with Gasteiger partial charge in [0.05, 0.1) is 10.5 Å². The van der Waals surface area contributed by atoms with E-state index in [1.165, 1.54) is 6.07 Å². The van der Waals surface area contributed by atoms with E-state index in [9.17, 15) is 10.1 Å². The van der Waals surface area contributed by atoms with Crippen LogP contribution in [0.2, 0.25) is 0 Å². The summed E-state index contributed by atoms with van der Waals surface area (Å²) >= 11 is 0. The van der Waals surface area contributed by atoms with E-state index in [0.717, 1.165) is 16.3 Å². The van der Waals surface area contributed by atoms with Crippen LogP contribution < -0.4 is 0 Å². The van der Waals surface area contributed by atoms with Crippen LogP contribution in [0.25, 0.3) is 21.9 Å². The summed E-state index contributed by atoms with van der Waals surface area (Å²) in [6, 6.07) is 20.6. The van der Waals surface area contributed by atoms with Crippen LogP contribution in [-0.4, -0.2) is 4.92 Å². The van der Waals surface area contributed by atoms with Crippen LogP contribution in [0.5, 0.6) is 0 Å². The lowest BCUT2D eigenvalue weighted by atomic mass is 9.97. The van der Waals surface area contributed by atoms with Crippen LogP contribution in [0.1, 0.15) is 27.7 Å². The minimum atomic E-state index is -0.336. The van der Waals surface area contributed by atoms with Crippen molar-refractivity contribution >= 4 is 16.5 Å². The van der Waals surface area contributed by atoms with Crippen molar-refractivity contribution in [2.24, 2.45) is 0 Å². The highest BCUT2D eigenvalue weighted by molar-refractivity contribution is 5.98. The fraction of sp³-hybridized carbons (Fsp3) is 0.200. The molecule has 23 heavy (non-hydrogen) atoms. The smallest absolute Gasteiger partial charge is 0.258 e. The molecule has 0 amide bonds. The summed E-state index contributed by atoms with van der Waals surface area (Å²) in [5.41, 5.74) is 1.69. The van der Waals surface area contributed by atoms with Gasteiger partial charge in [-0.3, -0.25) is 10.1 Å². The predicted octanol–water partition coefficient (Wildman–Crippen LogP) is 6.47. The van der Waals surface area contributed by atoms with Crippen molar-refractivity contribution in [1.29, 1.82) is 0 Å². The van der Waals surface area contributed by atoms with Crippen LogP contribution in [0, 0.1) is 10.1 Å². The lowest BCUT2D eigenvalue weighted by Gasteiger charge is -2.07. The Morgan fingerprint density at radius 3 is 1.91 bits per heavy atom. The Morgan fingerprint density at radius 2 is 1.22 bits per heavy atom. The van der Waals surface area contributed by atoms with Crippen LogP contribution in [0.4, 0.5) is 5.69 Å². The number of nitro benzene ring substituents is 1. The van der Waals surface area contributed by atoms with Crippen molar-refractivity contribution in [3.63, 3.8) is 0 Å². The molecule has 0 saturated heterocycles. The van der Waals surface area contributed by atoms with Gasteiger partial charge in [0, 0.05) is 6.07 Å². The van der Waals surface area contributed by atoms with Crippen LogP contribution in [0.15, 0.2) is 66.7 Å². The lowest BCUT2D eigenvalue weighted by molar-refractivity contribution is -0.384. The Labute approximate surface area is 137 Å². The van der Waals surface area contributed by atoms with E-state index in [-0.39, 0.29) is 10.6 Å². The normalized spacial score (nSPS) is 9.22. The Balaban J connectivity index is 0.000000615. The first-order chi connectivity index (χ1) is 11.3. The molecule has 0 radical (unpaired) electrons. The molecule has 3 aromatic carbocycles. The van der Waals surface area contributed by atoms with Gasteiger partial charge in [0.1, 0.15) is 0 Å². The number of nitro groups is 1. The summed E-state index contributed by atoms with van der Waals surface area (Å²) in [6.07, 6.45) is 0. The molecule has 0 N–H and O–H groups in total. The summed E-state index contributed by atoms with van der Waals surface area (Å²) in [5, 5.41) is 13.2. The molecule has 0 aliphatic heterocycles. The van der Waals surface area contributed by atoms with Crippen molar-refractivity contribution in [3.05, 3.63) is 76.8 Å². The van der Waals surface area contributed by atoms with Crippen molar-refractivity contribution in [2.75, 3.05) is 0 Å². The van der Waals surface area contributed by atoms with Gasteiger partial charge in [-0.1, -0.05) is 82.3 Å². The third kappa shape index (κ3) is 4.16. The third-order valence-corrected chi connectivity index (χ3v) is 3.18. The molecule has 120 valence electrons. The van der Waals surface area contributed by atoms with Crippen molar-refractivity contribution in [1.82, 2.24) is 0 Å². The maximum atomic E-state index is 11.1. The molecule has 0 saturated carbocycles. The Kier molecular flexibility index (Phi) is 7.48. The number of para-hydroxylation sites is 1. The second kappa shape index (κ2) is 9.36. The Morgan fingerprint density at radius 1 is 0.696 bits per heavy atom. The molecule has 3 rings (SSSR count). The van der Waals surface area contributed by atoms with Gasteiger partial charge in [-0.05, 0) is 22.4 Å². The number of nitrogens with zero attached hydrogens (tertiary/aromatic N) is 1. The maximum Gasteiger partial charge on any atom is 0.277 e. The van der Waals surface area contributed by atoms with Crippen LogP contribution >= 0.6 is 0 Å². The standard InChI is InChI=1S/C16H11NO2.2C2H6/c18-17(19)16-11-4-3-9-15(16)14-10-5-7-12-6-1-2-8-13(12)14;2*1-2/h1-11H;2*1-2H3. The van der Waals surface area contributed by atoms with E-state index in [0.29, 0.717) is 5.56 Å². The van der Waals surface area contributed by atoms with Gasteiger partial charge in [0.15, 0.2) is 0 Å². The zero-order chi connectivity index (χ0) is 17.2. The average molecular weight is 309 g/mol. The van der Waals surface area contributed by atoms with Gasteiger partial charge >= 0.3 is 0 Å². The molecule has 3 heteroatoms. The first-order valence-corrected chi connectivity index (χ1v) is 7.99. The molecule has 0 spiro atoms. The first kappa shape index (κ1) is 18.4. The van der Waals surface area contributed by atoms with Gasteiger partial charge in [-0.15, -0.1) is 0 Å². The molecule has 0 fully saturated rings. The van der Waals surface area contributed by atoms with Crippen LogP contribution in [0.3, 0.4) is 0 Å². The largest absolute Gasteiger partial charge is 0.277 e. The molecule has 0 atom stereocenters. The number of rotatable bonds is 2. The minimum absolute atomic E-state index is 0.138. The van der Waals surface area contributed by atoms with E-state index < -0.39 is 0 Å². The number of benzene rings is 3. The van der Waals surface area contributed by atoms with E-state index in [1.54, 1.807) is 12.1 Å². The SMILES string of the molecule is CC.CC.O=[N+]([O-])c1ccccc1-c1cccc2ccccc12.